The van der Waals surface area contributed by atoms with Crippen molar-refractivity contribution in [1.29, 1.82) is 0 Å². The number of pyridine rings is 1. The van der Waals surface area contributed by atoms with E-state index in [0.717, 1.165) is 11.3 Å². The molecular formula is C27H25F7N2O. The molecule has 1 aromatic heterocycles. The van der Waals surface area contributed by atoms with E-state index < -0.39 is 41.5 Å². The van der Waals surface area contributed by atoms with Crippen LogP contribution in [0.2, 0.25) is 0 Å². The molecule has 2 aromatic carbocycles. The zero-order chi connectivity index (χ0) is 27.0. The first kappa shape index (κ1) is 26.9. The van der Waals surface area contributed by atoms with Crippen LogP contribution in [0.15, 0.2) is 67.0 Å². The topological polar surface area (TPSA) is 25.4 Å². The van der Waals surface area contributed by atoms with Crippen LogP contribution in [0.4, 0.5) is 36.4 Å². The zero-order valence-corrected chi connectivity index (χ0v) is 20.0. The SMILES string of the molecule is C[C@H](OC1CCC(N(C)c2cccnc2)C1c1ccc(F)cc1)c1cc(C(F)(F)F)cc(C(F)(F)F)c1. The lowest BCUT2D eigenvalue weighted by Crippen LogP contribution is -2.37. The molecule has 0 spiro atoms. The average molecular weight is 526 g/mol. The lowest BCUT2D eigenvalue weighted by atomic mass is 9.91. The summed E-state index contributed by atoms with van der Waals surface area (Å²) in [5.41, 5.74) is -1.39. The number of aromatic nitrogens is 1. The first-order chi connectivity index (χ1) is 17.3. The highest BCUT2D eigenvalue weighted by Gasteiger charge is 2.42. The van der Waals surface area contributed by atoms with Crippen LogP contribution in [0.3, 0.4) is 0 Å². The van der Waals surface area contributed by atoms with Crippen LogP contribution in [0.25, 0.3) is 0 Å². The molecule has 4 atom stereocenters. The van der Waals surface area contributed by atoms with Gasteiger partial charge in [-0.1, -0.05) is 12.1 Å². The molecule has 4 rings (SSSR count). The van der Waals surface area contributed by atoms with Gasteiger partial charge in [0.2, 0.25) is 0 Å². The summed E-state index contributed by atoms with van der Waals surface area (Å²) < 4.78 is 100. The van der Waals surface area contributed by atoms with Crippen molar-refractivity contribution in [2.75, 3.05) is 11.9 Å². The van der Waals surface area contributed by atoms with Crippen LogP contribution < -0.4 is 4.90 Å². The fourth-order valence-electron chi connectivity index (χ4n) is 4.96. The van der Waals surface area contributed by atoms with E-state index in [2.05, 4.69) is 4.98 Å². The van der Waals surface area contributed by atoms with Gasteiger partial charge in [0.1, 0.15) is 5.82 Å². The molecule has 0 saturated heterocycles. The van der Waals surface area contributed by atoms with Crippen LogP contribution >= 0.6 is 0 Å². The van der Waals surface area contributed by atoms with Gasteiger partial charge in [-0.05, 0) is 73.4 Å². The second-order valence-electron chi connectivity index (χ2n) is 9.20. The number of ether oxygens (including phenoxy) is 1. The van der Waals surface area contributed by atoms with Gasteiger partial charge in [0.15, 0.2) is 0 Å². The number of alkyl halides is 6. The lowest BCUT2D eigenvalue weighted by molar-refractivity contribution is -0.143. The smallest absolute Gasteiger partial charge is 0.370 e. The first-order valence-corrected chi connectivity index (χ1v) is 11.7. The number of hydrogen-bond donors (Lipinski definition) is 0. The van der Waals surface area contributed by atoms with Crippen molar-refractivity contribution < 1.29 is 35.5 Å². The molecule has 3 unspecified atom stereocenters. The summed E-state index contributed by atoms with van der Waals surface area (Å²) in [6, 6.07) is 10.9. The number of nitrogens with zero attached hydrogens (tertiary/aromatic N) is 2. The normalized spacial score (nSPS) is 21.2. The molecule has 0 amide bonds. The largest absolute Gasteiger partial charge is 0.416 e. The van der Waals surface area contributed by atoms with Crippen molar-refractivity contribution in [3.8, 4) is 0 Å². The summed E-state index contributed by atoms with van der Waals surface area (Å²) >= 11 is 0. The van der Waals surface area contributed by atoms with Crippen LogP contribution in [0.1, 0.15) is 54.0 Å². The molecule has 1 fully saturated rings. The molecule has 3 nitrogen and oxygen atoms in total. The van der Waals surface area contributed by atoms with Gasteiger partial charge in [-0.3, -0.25) is 4.98 Å². The van der Waals surface area contributed by atoms with E-state index in [1.165, 1.54) is 19.1 Å². The molecule has 37 heavy (non-hydrogen) atoms. The molecule has 1 saturated carbocycles. The van der Waals surface area contributed by atoms with Crippen LogP contribution in [-0.4, -0.2) is 24.2 Å². The molecule has 1 aliphatic carbocycles. The van der Waals surface area contributed by atoms with Crippen LogP contribution in [0, 0.1) is 5.82 Å². The lowest BCUT2D eigenvalue weighted by Gasteiger charge is -2.34. The van der Waals surface area contributed by atoms with E-state index in [1.54, 1.807) is 30.6 Å². The van der Waals surface area contributed by atoms with Gasteiger partial charge in [-0.2, -0.15) is 26.3 Å². The number of likely N-dealkylation sites (N-methyl/N-ethyl adjacent to an activating group) is 1. The monoisotopic (exact) mass is 526 g/mol. The van der Waals surface area contributed by atoms with Gasteiger partial charge in [0.05, 0.1) is 35.2 Å². The Kier molecular flexibility index (Phi) is 7.50. The van der Waals surface area contributed by atoms with E-state index in [1.807, 2.05) is 18.0 Å². The van der Waals surface area contributed by atoms with E-state index in [9.17, 15) is 30.7 Å². The van der Waals surface area contributed by atoms with Crippen molar-refractivity contribution in [1.82, 2.24) is 4.98 Å². The maximum atomic E-state index is 13.7. The van der Waals surface area contributed by atoms with E-state index >= 15 is 0 Å². The molecule has 0 N–H and O–H groups in total. The van der Waals surface area contributed by atoms with Gasteiger partial charge < -0.3 is 9.64 Å². The molecule has 1 aliphatic rings. The van der Waals surface area contributed by atoms with Crippen molar-refractivity contribution >= 4 is 5.69 Å². The third-order valence-electron chi connectivity index (χ3n) is 6.83. The highest BCUT2D eigenvalue weighted by Crippen LogP contribution is 2.44. The minimum Gasteiger partial charge on any atom is -0.370 e. The highest BCUT2D eigenvalue weighted by molar-refractivity contribution is 5.46. The quantitative estimate of drug-likeness (QED) is 0.307. The average Bonchev–Trinajstić information content (AvgIpc) is 3.26. The zero-order valence-electron chi connectivity index (χ0n) is 20.0. The van der Waals surface area contributed by atoms with Crippen LogP contribution in [-0.2, 0) is 17.1 Å². The molecule has 0 bridgehead atoms. The fourth-order valence-corrected chi connectivity index (χ4v) is 4.96. The van der Waals surface area contributed by atoms with Crippen molar-refractivity contribution in [3.63, 3.8) is 0 Å². The Labute approximate surface area is 209 Å². The number of hydrogen-bond acceptors (Lipinski definition) is 3. The highest BCUT2D eigenvalue weighted by atomic mass is 19.4. The minimum atomic E-state index is -4.95. The van der Waals surface area contributed by atoms with Crippen molar-refractivity contribution in [2.24, 2.45) is 0 Å². The third-order valence-corrected chi connectivity index (χ3v) is 6.83. The molecule has 1 heterocycles. The Morgan fingerprint density at radius 2 is 1.54 bits per heavy atom. The summed E-state index contributed by atoms with van der Waals surface area (Å²) in [4.78, 5) is 6.16. The fraction of sp³-hybridized carbons (Fsp3) is 0.370. The van der Waals surface area contributed by atoms with Gasteiger partial charge in [0, 0.05) is 25.2 Å². The number of halogens is 7. The Morgan fingerprint density at radius 3 is 2.08 bits per heavy atom. The summed E-state index contributed by atoms with van der Waals surface area (Å²) in [7, 11) is 1.88. The standard InChI is InChI=1S/C27H25F7N2O/c1-16(18-12-19(26(29,30)31)14-20(13-18)27(32,33)34)37-24-10-9-23(36(2)22-4-3-11-35-15-22)25(24)17-5-7-21(28)8-6-17/h3-8,11-16,23-25H,9-10H2,1-2H3/t16-,23?,24?,25?/m0/s1. The Balaban J connectivity index is 1.66. The predicted molar refractivity (Wildman–Crippen MR) is 125 cm³/mol. The predicted octanol–water partition coefficient (Wildman–Crippen LogP) is 7.79. The van der Waals surface area contributed by atoms with Crippen molar-refractivity contribution in [2.45, 2.75) is 56.3 Å². The summed E-state index contributed by atoms with van der Waals surface area (Å²) in [5.74, 6) is -0.741. The molecule has 10 heteroatoms. The summed E-state index contributed by atoms with van der Waals surface area (Å²) in [5, 5.41) is 0. The minimum absolute atomic E-state index is 0.103. The van der Waals surface area contributed by atoms with E-state index in [4.69, 9.17) is 4.74 Å². The number of benzene rings is 2. The molecule has 0 aliphatic heterocycles. The molecule has 3 aromatic rings. The molecule has 0 radical (unpaired) electrons. The van der Waals surface area contributed by atoms with Gasteiger partial charge in [0.25, 0.3) is 0 Å². The molecular weight excluding hydrogens is 501 g/mol. The number of rotatable bonds is 6. The maximum Gasteiger partial charge on any atom is 0.416 e. The summed E-state index contributed by atoms with van der Waals surface area (Å²) in [6.07, 6.45) is -7.00. The summed E-state index contributed by atoms with van der Waals surface area (Å²) in [6.45, 7) is 1.44. The Morgan fingerprint density at radius 1 is 0.919 bits per heavy atom. The Hall–Kier alpha value is -3.14. The third kappa shape index (κ3) is 6.06. The van der Waals surface area contributed by atoms with E-state index in [-0.39, 0.29) is 23.6 Å². The number of anilines is 1. The second kappa shape index (κ2) is 10.3. The van der Waals surface area contributed by atoms with Crippen LogP contribution in [0.5, 0.6) is 0 Å². The van der Waals surface area contributed by atoms with Gasteiger partial charge in [-0.15, -0.1) is 0 Å². The molecule has 198 valence electrons. The first-order valence-electron chi connectivity index (χ1n) is 11.7. The Bertz CT molecular complexity index is 1160. The van der Waals surface area contributed by atoms with Gasteiger partial charge >= 0.3 is 12.4 Å². The maximum absolute atomic E-state index is 13.7. The van der Waals surface area contributed by atoms with Gasteiger partial charge in [-0.25, -0.2) is 4.39 Å². The van der Waals surface area contributed by atoms with E-state index in [0.29, 0.717) is 25.0 Å². The van der Waals surface area contributed by atoms with Crippen molar-refractivity contribution in [3.05, 3.63) is 95.1 Å². The second-order valence-corrected chi connectivity index (χ2v) is 9.20.